The van der Waals surface area contributed by atoms with Crippen LogP contribution in [0.3, 0.4) is 0 Å². The van der Waals surface area contributed by atoms with Crippen LogP contribution in [0.5, 0.6) is 0 Å². The number of nitrogens with zero attached hydrogens (tertiary/aromatic N) is 1. The van der Waals surface area contributed by atoms with Crippen LogP contribution in [0.15, 0.2) is 0 Å². The molecule has 0 aromatic carbocycles. The summed E-state index contributed by atoms with van der Waals surface area (Å²) in [6, 6.07) is 0. The van der Waals surface area contributed by atoms with E-state index in [1.54, 1.807) is 0 Å². The molecular formula is C9H19BrN2O4S. The summed E-state index contributed by atoms with van der Waals surface area (Å²) in [5.74, 6) is 0. The van der Waals surface area contributed by atoms with Gasteiger partial charge in [-0.2, -0.15) is 12.7 Å². The van der Waals surface area contributed by atoms with Crippen LogP contribution in [0.1, 0.15) is 6.42 Å². The van der Waals surface area contributed by atoms with Crippen molar-refractivity contribution in [3.63, 3.8) is 0 Å². The Morgan fingerprint density at radius 3 is 2.65 bits per heavy atom. The van der Waals surface area contributed by atoms with Crippen molar-refractivity contribution in [1.29, 1.82) is 0 Å². The van der Waals surface area contributed by atoms with Crippen LogP contribution in [0.25, 0.3) is 0 Å². The number of morpholine rings is 1. The number of nitrogens with one attached hydrogen (secondary N) is 1. The molecule has 0 saturated carbocycles. The minimum Gasteiger partial charge on any atom is -0.381 e. The van der Waals surface area contributed by atoms with Crippen molar-refractivity contribution in [3.05, 3.63) is 0 Å². The zero-order valence-electron chi connectivity index (χ0n) is 9.73. The van der Waals surface area contributed by atoms with Gasteiger partial charge in [0.05, 0.1) is 19.8 Å². The quantitative estimate of drug-likeness (QED) is 0.500. The minimum absolute atomic E-state index is 0.405. The average molecular weight is 331 g/mol. The Morgan fingerprint density at radius 1 is 1.29 bits per heavy atom. The van der Waals surface area contributed by atoms with Gasteiger partial charge in [0.25, 0.3) is 10.2 Å². The van der Waals surface area contributed by atoms with Crippen molar-refractivity contribution >= 4 is 26.1 Å². The van der Waals surface area contributed by atoms with E-state index in [4.69, 9.17) is 9.47 Å². The molecule has 8 heteroatoms. The number of ether oxygens (including phenoxy) is 2. The Balaban J connectivity index is 2.15. The largest absolute Gasteiger partial charge is 0.381 e. The van der Waals surface area contributed by atoms with Crippen LogP contribution in [0.4, 0.5) is 0 Å². The molecule has 1 rings (SSSR count). The maximum absolute atomic E-state index is 11.8. The topological polar surface area (TPSA) is 67.9 Å². The van der Waals surface area contributed by atoms with Crippen LogP contribution in [-0.2, 0) is 19.7 Å². The summed E-state index contributed by atoms with van der Waals surface area (Å²) in [6.07, 6.45) is 0.677. The monoisotopic (exact) mass is 330 g/mol. The van der Waals surface area contributed by atoms with Crippen molar-refractivity contribution in [2.45, 2.75) is 6.42 Å². The second-order valence-corrected chi connectivity index (χ2v) is 6.11. The summed E-state index contributed by atoms with van der Waals surface area (Å²) >= 11 is 3.25. The molecule has 6 nitrogen and oxygen atoms in total. The molecule has 0 bridgehead atoms. The van der Waals surface area contributed by atoms with Crippen LogP contribution in [-0.4, -0.2) is 64.1 Å². The highest BCUT2D eigenvalue weighted by Gasteiger charge is 2.23. The SMILES string of the molecule is O=S(=O)(NCCCOCCBr)N1CCOCC1. The third-order valence-electron chi connectivity index (χ3n) is 2.28. The third kappa shape index (κ3) is 6.12. The fraction of sp³-hybridized carbons (Fsp3) is 1.00. The molecule has 1 heterocycles. The molecule has 0 radical (unpaired) electrons. The highest BCUT2D eigenvalue weighted by atomic mass is 79.9. The first-order valence-corrected chi connectivity index (χ1v) is 8.19. The van der Waals surface area contributed by atoms with Gasteiger partial charge in [-0.1, -0.05) is 15.9 Å². The molecule has 0 atom stereocenters. The Bertz CT molecular complexity index is 293. The highest BCUT2D eigenvalue weighted by molar-refractivity contribution is 9.09. The lowest BCUT2D eigenvalue weighted by molar-refractivity contribution is 0.0724. The molecule has 0 unspecified atom stereocenters. The number of rotatable bonds is 8. The first-order chi connectivity index (χ1) is 8.17. The molecule has 0 spiro atoms. The molecule has 102 valence electrons. The summed E-state index contributed by atoms with van der Waals surface area (Å²) < 4.78 is 37.9. The van der Waals surface area contributed by atoms with Crippen molar-refractivity contribution in [2.24, 2.45) is 0 Å². The number of halogens is 1. The molecule has 1 fully saturated rings. The minimum atomic E-state index is -3.34. The summed E-state index contributed by atoms with van der Waals surface area (Å²) in [4.78, 5) is 0. The fourth-order valence-corrected chi connectivity index (χ4v) is 2.85. The third-order valence-corrected chi connectivity index (χ3v) is 4.22. The fourth-order valence-electron chi connectivity index (χ4n) is 1.41. The molecule has 0 amide bonds. The summed E-state index contributed by atoms with van der Waals surface area (Å²) in [7, 11) is -3.34. The second-order valence-electron chi connectivity index (χ2n) is 3.57. The first kappa shape index (κ1) is 15.3. The first-order valence-electron chi connectivity index (χ1n) is 5.63. The van der Waals surface area contributed by atoms with Crippen molar-refractivity contribution < 1.29 is 17.9 Å². The highest BCUT2D eigenvalue weighted by Crippen LogP contribution is 2.02. The van der Waals surface area contributed by atoms with Crippen LogP contribution in [0, 0.1) is 0 Å². The number of hydrogen-bond acceptors (Lipinski definition) is 4. The molecular weight excluding hydrogens is 312 g/mol. The van der Waals surface area contributed by atoms with Gasteiger partial charge in [0.1, 0.15) is 0 Å². The summed E-state index contributed by atoms with van der Waals surface area (Å²) in [5, 5.41) is 0.798. The van der Waals surface area contributed by atoms with Gasteiger partial charge >= 0.3 is 0 Å². The van der Waals surface area contributed by atoms with Crippen molar-refractivity contribution in [3.8, 4) is 0 Å². The van der Waals surface area contributed by atoms with Gasteiger partial charge in [-0.05, 0) is 6.42 Å². The Morgan fingerprint density at radius 2 is 2.00 bits per heavy atom. The maximum atomic E-state index is 11.8. The average Bonchev–Trinajstić information content (AvgIpc) is 2.35. The molecule has 1 saturated heterocycles. The van der Waals surface area contributed by atoms with Gasteiger partial charge in [-0.15, -0.1) is 0 Å². The Labute approximate surface area is 111 Å². The van der Waals surface area contributed by atoms with Gasteiger partial charge in [-0.3, -0.25) is 0 Å². The lowest BCUT2D eigenvalue weighted by Crippen LogP contribution is -2.46. The standard InChI is InChI=1S/C9H19BrN2O4S/c10-2-7-15-6-1-3-11-17(13,14)12-4-8-16-9-5-12/h11H,1-9H2. The van der Waals surface area contributed by atoms with E-state index in [0.717, 1.165) is 5.33 Å². The van der Waals surface area contributed by atoms with Crippen LogP contribution in [0.2, 0.25) is 0 Å². The predicted octanol–water partition coefficient (Wildman–Crippen LogP) is -0.0454. The molecule has 0 aromatic heterocycles. The molecule has 0 aliphatic carbocycles. The van der Waals surface area contributed by atoms with Gasteiger partial charge in [0.15, 0.2) is 0 Å². The normalized spacial score (nSPS) is 18.4. The molecule has 17 heavy (non-hydrogen) atoms. The van der Waals surface area contributed by atoms with E-state index in [-0.39, 0.29) is 0 Å². The zero-order valence-corrected chi connectivity index (χ0v) is 12.1. The summed E-state index contributed by atoms with van der Waals surface area (Å²) in [6.45, 7) is 3.41. The van der Waals surface area contributed by atoms with E-state index in [1.165, 1.54) is 4.31 Å². The molecule has 1 aliphatic rings. The summed E-state index contributed by atoms with van der Waals surface area (Å²) in [5.41, 5.74) is 0. The smallest absolute Gasteiger partial charge is 0.279 e. The number of alkyl halides is 1. The molecule has 1 N–H and O–H groups in total. The second kappa shape index (κ2) is 8.39. The van der Waals surface area contributed by atoms with E-state index in [9.17, 15) is 8.42 Å². The van der Waals surface area contributed by atoms with E-state index in [1.807, 2.05) is 0 Å². The Kier molecular flexibility index (Phi) is 7.56. The van der Waals surface area contributed by atoms with Gasteiger partial charge in [-0.25, -0.2) is 4.72 Å². The predicted molar refractivity (Wildman–Crippen MR) is 68.5 cm³/mol. The lowest BCUT2D eigenvalue weighted by Gasteiger charge is -2.26. The molecule has 1 aliphatic heterocycles. The van der Waals surface area contributed by atoms with Crippen LogP contribution >= 0.6 is 15.9 Å². The van der Waals surface area contributed by atoms with E-state index in [2.05, 4.69) is 20.7 Å². The van der Waals surface area contributed by atoms with Crippen LogP contribution < -0.4 is 4.72 Å². The van der Waals surface area contributed by atoms with Crippen molar-refractivity contribution in [1.82, 2.24) is 9.03 Å². The van der Waals surface area contributed by atoms with Gasteiger partial charge in [0.2, 0.25) is 0 Å². The van der Waals surface area contributed by atoms with E-state index >= 15 is 0 Å². The van der Waals surface area contributed by atoms with E-state index < -0.39 is 10.2 Å². The zero-order chi connectivity index (χ0) is 12.6. The van der Waals surface area contributed by atoms with Gasteiger partial charge < -0.3 is 9.47 Å². The van der Waals surface area contributed by atoms with Crippen molar-refractivity contribution in [2.75, 3.05) is 51.4 Å². The molecule has 0 aromatic rings. The Hall–Kier alpha value is 0.270. The van der Waals surface area contributed by atoms with E-state index in [0.29, 0.717) is 52.5 Å². The maximum Gasteiger partial charge on any atom is 0.279 e. The number of hydrogen-bond donors (Lipinski definition) is 1. The van der Waals surface area contributed by atoms with Gasteiger partial charge in [0, 0.05) is 31.6 Å². The lowest BCUT2D eigenvalue weighted by atomic mass is 10.5.